The zero-order valence-electron chi connectivity index (χ0n) is 15.8. The van der Waals surface area contributed by atoms with Crippen LogP contribution in [0.1, 0.15) is 15.9 Å². The van der Waals surface area contributed by atoms with E-state index in [1.54, 1.807) is 11.5 Å². The van der Waals surface area contributed by atoms with Gasteiger partial charge in [-0.25, -0.2) is 14.1 Å². The molecule has 0 aliphatic carbocycles. The van der Waals surface area contributed by atoms with Gasteiger partial charge in [0.25, 0.3) is 5.82 Å². The van der Waals surface area contributed by atoms with Crippen LogP contribution >= 0.6 is 11.6 Å². The van der Waals surface area contributed by atoms with Crippen molar-refractivity contribution in [3.05, 3.63) is 82.8 Å². The number of pyridine rings is 1. The van der Waals surface area contributed by atoms with E-state index >= 15 is 0 Å². The molecule has 0 radical (unpaired) electrons. The maximum absolute atomic E-state index is 14.2. The van der Waals surface area contributed by atoms with Gasteiger partial charge in [0.2, 0.25) is 5.65 Å². The maximum Gasteiger partial charge on any atom is 0.316 e. The minimum atomic E-state index is -0.679. The van der Waals surface area contributed by atoms with E-state index in [-0.39, 0.29) is 10.6 Å². The first-order valence-electron chi connectivity index (χ1n) is 8.91. The number of H-pyrrole nitrogens is 1. The molecular weight excluding hydrogens is 393 g/mol. The third-order valence-electron chi connectivity index (χ3n) is 4.64. The summed E-state index contributed by atoms with van der Waals surface area (Å²) in [5.74, 6) is -0.106. The van der Waals surface area contributed by atoms with Gasteiger partial charge in [-0.2, -0.15) is 0 Å². The number of aromatic nitrogens is 2. The molecule has 0 fully saturated rings. The van der Waals surface area contributed by atoms with Crippen LogP contribution in [0.25, 0.3) is 16.9 Å². The molecule has 0 unspecified atom stereocenters. The molecule has 0 spiro atoms. The Kier molecular flexibility index (Phi) is 4.94. The lowest BCUT2D eigenvalue weighted by Crippen LogP contribution is -2.27. The number of hydrogen-bond donors (Lipinski definition) is 2. The molecule has 4 rings (SSSR count). The van der Waals surface area contributed by atoms with Gasteiger partial charge in [0, 0.05) is 11.6 Å². The summed E-state index contributed by atoms with van der Waals surface area (Å²) >= 11 is 6.06. The third-order valence-corrected chi connectivity index (χ3v) is 4.96. The molecule has 0 aliphatic heterocycles. The van der Waals surface area contributed by atoms with Crippen LogP contribution in [0.4, 0.5) is 10.2 Å². The fraction of sp³-hybridized carbons (Fsp3) is 0.0909. The minimum absolute atomic E-state index is 0.0502. The highest BCUT2D eigenvalue weighted by Crippen LogP contribution is 2.28. The topological polar surface area (TPSA) is 58.2 Å². The number of carbonyl (C=O) groups excluding carboxylic acids is 1. The van der Waals surface area contributed by atoms with Crippen molar-refractivity contribution < 1.29 is 18.3 Å². The predicted molar refractivity (Wildman–Crippen MR) is 110 cm³/mol. The number of nitrogens with zero attached hydrogens (tertiary/aromatic N) is 1. The monoisotopic (exact) mass is 410 g/mol. The Hall–Kier alpha value is -3.38. The van der Waals surface area contributed by atoms with E-state index < -0.39 is 11.7 Å². The smallest absolute Gasteiger partial charge is 0.316 e. The summed E-state index contributed by atoms with van der Waals surface area (Å²) in [6.45, 7) is 1.98. The summed E-state index contributed by atoms with van der Waals surface area (Å²) in [7, 11) is 1.60. The minimum Gasteiger partial charge on any atom is -0.497 e. The number of benzene rings is 2. The number of fused-ring (bicyclic) bond motifs is 1. The molecule has 146 valence electrons. The molecule has 29 heavy (non-hydrogen) atoms. The Morgan fingerprint density at radius 3 is 2.62 bits per heavy atom. The fourth-order valence-electron chi connectivity index (χ4n) is 3.18. The first kappa shape index (κ1) is 19.0. The molecule has 1 amide bonds. The van der Waals surface area contributed by atoms with Crippen molar-refractivity contribution in [1.82, 2.24) is 4.98 Å². The van der Waals surface area contributed by atoms with Gasteiger partial charge in [0.15, 0.2) is 5.69 Å². The Labute approximate surface area is 171 Å². The Balaban J connectivity index is 1.84. The largest absolute Gasteiger partial charge is 0.497 e. The van der Waals surface area contributed by atoms with Gasteiger partial charge >= 0.3 is 5.91 Å². The highest BCUT2D eigenvalue weighted by Gasteiger charge is 2.26. The lowest BCUT2D eigenvalue weighted by molar-refractivity contribution is -0.493. The summed E-state index contributed by atoms with van der Waals surface area (Å²) in [4.78, 5) is 16.2. The van der Waals surface area contributed by atoms with Crippen LogP contribution in [0.2, 0.25) is 5.02 Å². The number of nitrogens with one attached hydrogen (secondary N) is 2. The van der Waals surface area contributed by atoms with E-state index in [2.05, 4.69) is 10.3 Å². The number of amides is 1. The number of anilines is 1. The Morgan fingerprint density at radius 1 is 1.17 bits per heavy atom. The molecule has 0 bridgehead atoms. The van der Waals surface area contributed by atoms with Gasteiger partial charge in [0.05, 0.1) is 18.3 Å². The lowest BCUT2D eigenvalue weighted by atomic mass is 10.1. The molecule has 2 N–H and O–H groups in total. The first-order chi connectivity index (χ1) is 14.0. The molecule has 0 aliphatic rings. The number of aryl methyl sites for hydroxylation is 1. The number of aromatic amines is 1. The first-order valence-corrected chi connectivity index (χ1v) is 9.29. The van der Waals surface area contributed by atoms with E-state index in [4.69, 9.17) is 16.3 Å². The maximum atomic E-state index is 14.2. The predicted octanol–water partition coefficient (Wildman–Crippen LogP) is 4.78. The molecule has 0 saturated carbocycles. The van der Waals surface area contributed by atoms with E-state index in [0.29, 0.717) is 11.5 Å². The number of halogens is 2. The molecule has 0 saturated heterocycles. The van der Waals surface area contributed by atoms with Crippen molar-refractivity contribution in [1.29, 1.82) is 0 Å². The van der Waals surface area contributed by atoms with E-state index in [9.17, 15) is 9.18 Å². The fourth-order valence-corrected chi connectivity index (χ4v) is 3.43. The second-order valence-electron chi connectivity index (χ2n) is 6.59. The van der Waals surface area contributed by atoms with Crippen LogP contribution in [-0.2, 0) is 0 Å². The van der Waals surface area contributed by atoms with Gasteiger partial charge in [-0.15, -0.1) is 0 Å². The van der Waals surface area contributed by atoms with Crippen molar-refractivity contribution in [2.45, 2.75) is 6.92 Å². The molecule has 2 heterocycles. The van der Waals surface area contributed by atoms with Gasteiger partial charge in [0.1, 0.15) is 17.1 Å². The molecule has 4 aromatic rings. The lowest BCUT2D eigenvalue weighted by Gasteiger charge is -2.05. The third kappa shape index (κ3) is 3.54. The Morgan fingerprint density at radius 2 is 1.93 bits per heavy atom. The van der Waals surface area contributed by atoms with Crippen molar-refractivity contribution in [2.24, 2.45) is 0 Å². The van der Waals surface area contributed by atoms with Crippen molar-refractivity contribution >= 4 is 29.0 Å². The van der Waals surface area contributed by atoms with Crippen LogP contribution in [0.5, 0.6) is 5.75 Å². The van der Waals surface area contributed by atoms with Crippen LogP contribution in [-0.4, -0.2) is 18.0 Å². The summed E-state index contributed by atoms with van der Waals surface area (Å²) in [5.41, 5.74) is 3.16. The van der Waals surface area contributed by atoms with Crippen molar-refractivity contribution in [2.75, 3.05) is 12.4 Å². The molecule has 2 aromatic heterocycles. The molecule has 7 heteroatoms. The average molecular weight is 411 g/mol. The van der Waals surface area contributed by atoms with E-state index in [1.165, 1.54) is 18.2 Å². The second kappa shape index (κ2) is 7.56. The van der Waals surface area contributed by atoms with E-state index in [1.807, 2.05) is 49.5 Å². The number of ether oxygens (including phenoxy) is 1. The quantitative estimate of drug-likeness (QED) is 0.475. The van der Waals surface area contributed by atoms with Crippen molar-refractivity contribution in [3.8, 4) is 17.0 Å². The summed E-state index contributed by atoms with van der Waals surface area (Å²) in [6.07, 6.45) is 1.84. The Bertz CT molecular complexity index is 1200. The van der Waals surface area contributed by atoms with Gasteiger partial charge < -0.3 is 4.74 Å². The van der Waals surface area contributed by atoms with Crippen molar-refractivity contribution in [3.63, 3.8) is 0 Å². The summed E-state index contributed by atoms with van der Waals surface area (Å²) in [5, 5.41) is 2.87. The van der Waals surface area contributed by atoms with Crippen LogP contribution in [0.3, 0.4) is 0 Å². The van der Waals surface area contributed by atoms with Gasteiger partial charge in [-0.05, 0) is 55.0 Å². The number of rotatable bonds is 4. The van der Waals surface area contributed by atoms with Crippen LogP contribution in [0.15, 0.2) is 60.8 Å². The normalized spacial score (nSPS) is 10.9. The molecule has 2 aromatic carbocycles. The zero-order valence-corrected chi connectivity index (χ0v) is 16.5. The van der Waals surface area contributed by atoms with Gasteiger partial charge in [-0.1, -0.05) is 17.7 Å². The highest BCUT2D eigenvalue weighted by molar-refractivity contribution is 6.34. The molecule has 5 nitrogen and oxygen atoms in total. The zero-order chi connectivity index (χ0) is 20.5. The number of methoxy groups -OCH3 is 1. The number of imidazole rings is 1. The van der Waals surface area contributed by atoms with Crippen LogP contribution in [0, 0.1) is 12.7 Å². The average Bonchev–Trinajstić information content (AvgIpc) is 3.05. The van der Waals surface area contributed by atoms with Crippen LogP contribution < -0.4 is 14.5 Å². The summed E-state index contributed by atoms with van der Waals surface area (Å²) < 4.78 is 21.3. The molecular formula is C22H18ClFN3O2+. The van der Waals surface area contributed by atoms with E-state index in [0.717, 1.165) is 22.5 Å². The summed E-state index contributed by atoms with van der Waals surface area (Å²) in [6, 6.07) is 15.4. The second-order valence-corrected chi connectivity index (χ2v) is 6.99. The number of hydrogen-bond acceptors (Lipinski definition) is 2. The highest BCUT2D eigenvalue weighted by atomic mass is 35.5. The number of carbonyl (C=O) groups is 1. The molecule has 0 atom stereocenters. The standard InChI is InChI=1S/C22H17ClFN3O2/c1-13-10-11-27-18(12-13)25-20(14-6-8-15(29-2)9-7-14)21(27)26-22(28)19-16(23)4-3-5-17(19)24/h3-12H,1-2H3,(H,26,28)/p+1. The van der Waals surface area contributed by atoms with Gasteiger partial charge in [-0.3, -0.25) is 9.78 Å². The SMILES string of the molecule is COc1ccc(-c2[nH]c3cc(C)cc[n+]3c2NC(=O)c2c(F)cccc2Cl)cc1.